The first-order valence-electron chi connectivity index (χ1n) is 5.76. The minimum atomic E-state index is 0.623. The van der Waals surface area contributed by atoms with E-state index in [0.717, 1.165) is 5.92 Å². The Hall–Kier alpha value is -0.180. The summed E-state index contributed by atoms with van der Waals surface area (Å²) in [5.74, 6) is 2.13. The summed E-state index contributed by atoms with van der Waals surface area (Å²) in [6.45, 7) is 4.50. The van der Waals surface area contributed by atoms with Crippen LogP contribution in [0, 0.1) is 5.92 Å². The van der Waals surface area contributed by atoms with Crippen LogP contribution in [0.25, 0.3) is 0 Å². The maximum Gasteiger partial charge on any atom is 0.157 e. The first-order valence-corrected chi connectivity index (χ1v) is 6.75. The first kappa shape index (κ1) is 10.3. The van der Waals surface area contributed by atoms with Gasteiger partial charge in [0.25, 0.3) is 0 Å². The average Bonchev–Trinajstić information content (AvgIpc) is 2.84. The molecule has 14 heavy (non-hydrogen) atoms. The molecule has 1 saturated heterocycles. The number of hydrogen-bond donors (Lipinski definition) is 1. The Labute approximate surface area is 90.9 Å². The van der Waals surface area contributed by atoms with Crippen molar-refractivity contribution in [3.8, 4) is 0 Å². The number of rotatable bonds is 3. The number of hydrogen-bond acceptors (Lipinski definition) is 2. The summed E-state index contributed by atoms with van der Waals surface area (Å²) in [6, 6.07) is 1.27. The Kier molecular flexibility index (Phi) is 3.37. The van der Waals surface area contributed by atoms with E-state index in [9.17, 15) is 0 Å². The second kappa shape index (κ2) is 4.56. The lowest BCUT2D eigenvalue weighted by Crippen LogP contribution is -2.35. The molecular formula is C11H20N2S. The third kappa shape index (κ3) is 2.66. The van der Waals surface area contributed by atoms with E-state index in [1.807, 2.05) is 11.8 Å². The zero-order valence-corrected chi connectivity index (χ0v) is 9.94. The lowest BCUT2D eigenvalue weighted by Gasteiger charge is -2.21. The summed E-state index contributed by atoms with van der Waals surface area (Å²) in [5, 5.41) is 4.66. The number of thioether (sulfide) groups is 1. The molecule has 0 aromatic carbocycles. The van der Waals surface area contributed by atoms with Crippen LogP contribution in [0.5, 0.6) is 0 Å². The third-order valence-electron chi connectivity index (χ3n) is 2.99. The molecule has 2 aliphatic rings. The molecule has 0 bridgehead atoms. The lowest BCUT2D eigenvalue weighted by molar-refractivity contribution is 0.638. The van der Waals surface area contributed by atoms with Crippen LogP contribution in [0.4, 0.5) is 0 Å². The van der Waals surface area contributed by atoms with Crippen molar-refractivity contribution >= 4 is 16.9 Å². The normalized spacial score (nSPS) is 39.6. The molecule has 2 nitrogen and oxygen atoms in total. The summed E-state index contributed by atoms with van der Waals surface area (Å²) in [7, 11) is 0. The fourth-order valence-electron chi connectivity index (χ4n) is 1.95. The Morgan fingerprint density at radius 2 is 2.43 bits per heavy atom. The topological polar surface area (TPSA) is 24.4 Å². The molecule has 3 heteroatoms. The summed E-state index contributed by atoms with van der Waals surface area (Å²) < 4.78 is 0. The zero-order valence-electron chi connectivity index (χ0n) is 9.12. The van der Waals surface area contributed by atoms with E-state index in [1.54, 1.807) is 0 Å². The molecule has 0 spiro atoms. The molecule has 3 unspecified atom stereocenters. The van der Waals surface area contributed by atoms with Gasteiger partial charge in [-0.2, -0.15) is 0 Å². The van der Waals surface area contributed by atoms with Gasteiger partial charge in [0.05, 0.1) is 6.04 Å². The van der Waals surface area contributed by atoms with Crippen LogP contribution in [0.3, 0.4) is 0 Å². The van der Waals surface area contributed by atoms with E-state index in [1.165, 1.54) is 36.6 Å². The minimum Gasteiger partial charge on any atom is -0.362 e. The van der Waals surface area contributed by atoms with Crippen LogP contribution >= 0.6 is 11.8 Å². The van der Waals surface area contributed by atoms with Crippen molar-refractivity contribution in [2.45, 2.75) is 51.6 Å². The van der Waals surface area contributed by atoms with Gasteiger partial charge in [0.15, 0.2) is 5.17 Å². The van der Waals surface area contributed by atoms with Crippen molar-refractivity contribution in [3.63, 3.8) is 0 Å². The summed E-state index contributed by atoms with van der Waals surface area (Å²) in [6.07, 6.45) is 5.27. The van der Waals surface area contributed by atoms with Gasteiger partial charge in [0, 0.05) is 11.8 Å². The summed E-state index contributed by atoms with van der Waals surface area (Å²) in [5.41, 5.74) is 0. The third-order valence-corrected chi connectivity index (χ3v) is 3.92. The van der Waals surface area contributed by atoms with E-state index >= 15 is 0 Å². The summed E-state index contributed by atoms with van der Waals surface area (Å²) >= 11 is 1.89. The highest BCUT2D eigenvalue weighted by molar-refractivity contribution is 8.13. The van der Waals surface area contributed by atoms with Gasteiger partial charge in [0.1, 0.15) is 0 Å². The quantitative estimate of drug-likeness (QED) is 0.778. The molecule has 0 amide bonds. The largest absolute Gasteiger partial charge is 0.362 e. The zero-order chi connectivity index (χ0) is 9.97. The van der Waals surface area contributed by atoms with E-state index in [0.29, 0.717) is 12.1 Å². The van der Waals surface area contributed by atoms with Gasteiger partial charge < -0.3 is 5.32 Å². The predicted octanol–water partition coefficient (Wildman–Crippen LogP) is 2.65. The smallest absolute Gasteiger partial charge is 0.157 e. The summed E-state index contributed by atoms with van der Waals surface area (Å²) in [4.78, 5) is 4.77. The Bertz CT molecular complexity index is 227. The van der Waals surface area contributed by atoms with Crippen LogP contribution in [0.2, 0.25) is 0 Å². The van der Waals surface area contributed by atoms with Crippen LogP contribution in [0.15, 0.2) is 4.99 Å². The molecular weight excluding hydrogens is 192 g/mol. The van der Waals surface area contributed by atoms with Gasteiger partial charge in [-0.15, -0.1) is 0 Å². The molecule has 1 heterocycles. The van der Waals surface area contributed by atoms with Gasteiger partial charge in [-0.05, 0) is 32.1 Å². The van der Waals surface area contributed by atoms with Crippen LogP contribution in [-0.2, 0) is 0 Å². The van der Waals surface area contributed by atoms with Crippen molar-refractivity contribution in [2.75, 3.05) is 5.75 Å². The highest BCUT2D eigenvalue weighted by Crippen LogP contribution is 2.38. The fourth-order valence-corrected chi connectivity index (χ4v) is 3.11. The minimum absolute atomic E-state index is 0.623. The molecule has 0 aromatic heterocycles. The van der Waals surface area contributed by atoms with Gasteiger partial charge in [-0.3, -0.25) is 4.99 Å². The van der Waals surface area contributed by atoms with E-state index in [-0.39, 0.29) is 0 Å². The molecule has 1 saturated carbocycles. The maximum absolute atomic E-state index is 4.77. The molecule has 3 atom stereocenters. The molecule has 0 aromatic rings. The number of nitrogens with one attached hydrogen (secondary N) is 1. The van der Waals surface area contributed by atoms with Crippen molar-refractivity contribution in [2.24, 2.45) is 10.9 Å². The van der Waals surface area contributed by atoms with Crippen LogP contribution in [0.1, 0.15) is 39.5 Å². The second-order valence-electron chi connectivity index (χ2n) is 4.47. The van der Waals surface area contributed by atoms with E-state index in [2.05, 4.69) is 19.2 Å². The highest BCUT2D eigenvalue weighted by atomic mass is 32.2. The molecule has 1 N–H and O–H groups in total. The molecule has 1 aliphatic heterocycles. The Morgan fingerprint density at radius 1 is 1.57 bits per heavy atom. The fraction of sp³-hybridized carbons (Fsp3) is 0.909. The van der Waals surface area contributed by atoms with Crippen LogP contribution < -0.4 is 5.32 Å². The Balaban J connectivity index is 1.80. The second-order valence-corrected chi connectivity index (χ2v) is 5.55. The van der Waals surface area contributed by atoms with E-state index < -0.39 is 0 Å². The van der Waals surface area contributed by atoms with Crippen LogP contribution in [-0.4, -0.2) is 23.0 Å². The van der Waals surface area contributed by atoms with Crippen molar-refractivity contribution in [1.29, 1.82) is 0 Å². The Morgan fingerprint density at radius 3 is 3.14 bits per heavy atom. The SMILES string of the molecule is CCCC1CC1N=C1NC(C)CCS1. The van der Waals surface area contributed by atoms with Crippen molar-refractivity contribution in [1.82, 2.24) is 5.32 Å². The predicted molar refractivity (Wildman–Crippen MR) is 63.9 cm³/mol. The average molecular weight is 212 g/mol. The lowest BCUT2D eigenvalue weighted by atomic mass is 10.2. The van der Waals surface area contributed by atoms with E-state index in [4.69, 9.17) is 4.99 Å². The first-order chi connectivity index (χ1) is 6.79. The van der Waals surface area contributed by atoms with Gasteiger partial charge in [-0.25, -0.2) is 0 Å². The number of nitrogens with zero attached hydrogens (tertiary/aromatic N) is 1. The molecule has 80 valence electrons. The van der Waals surface area contributed by atoms with Gasteiger partial charge >= 0.3 is 0 Å². The van der Waals surface area contributed by atoms with Gasteiger partial charge in [-0.1, -0.05) is 25.1 Å². The molecule has 0 radical (unpaired) electrons. The monoisotopic (exact) mass is 212 g/mol. The number of aliphatic imine (C=N–C) groups is 1. The highest BCUT2D eigenvalue weighted by Gasteiger charge is 2.36. The van der Waals surface area contributed by atoms with Crippen molar-refractivity contribution in [3.05, 3.63) is 0 Å². The number of amidine groups is 1. The standard InChI is InChI=1S/C11H20N2S/c1-3-4-9-7-10(9)13-11-12-8(2)5-6-14-11/h8-10H,3-7H2,1-2H3,(H,12,13). The van der Waals surface area contributed by atoms with Gasteiger partial charge in [0.2, 0.25) is 0 Å². The maximum atomic E-state index is 4.77. The van der Waals surface area contributed by atoms with Crippen molar-refractivity contribution < 1.29 is 0 Å². The molecule has 2 fully saturated rings. The molecule has 2 rings (SSSR count). The molecule has 1 aliphatic carbocycles.